The number of carbonyl (C=O) groups is 1. The molecule has 0 unspecified atom stereocenters. The molecule has 0 radical (unpaired) electrons. The second-order valence-corrected chi connectivity index (χ2v) is 7.75. The van der Waals surface area contributed by atoms with Gasteiger partial charge in [0.25, 0.3) is 0 Å². The molecule has 3 aromatic rings. The predicted octanol–water partition coefficient (Wildman–Crippen LogP) is 5.96. The van der Waals surface area contributed by atoms with E-state index >= 15 is 0 Å². The van der Waals surface area contributed by atoms with Gasteiger partial charge < -0.3 is 14.8 Å². The SMILES string of the molecule is CCCc1ccc(-c2csc(NC(=O)CCCOc3ccc(OCC)cc3)n2)cc1. The molecule has 0 aliphatic rings. The van der Waals surface area contributed by atoms with Gasteiger partial charge in [0.1, 0.15) is 11.5 Å². The van der Waals surface area contributed by atoms with Crippen LogP contribution in [-0.2, 0) is 11.2 Å². The molecule has 0 aliphatic heterocycles. The molecule has 3 rings (SSSR count). The Morgan fingerprint density at radius 3 is 2.37 bits per heavy atom. The molecule has 0 saturated heterocycles. The van der Waals surface area contributed by atoms with Crippen molar-refractivity contribution in [3.05, 3.63) is 59.5 Å². The number of aromatic nitrogens is 1. The summed E-state index contributed by atoms with van der Waals surface area (Å²) in [5.74, 6) is 1.54. The lowest BCUT2D eigenvalue weighted by molar-refractivity contribution is -0.116. The van der Waals surface area contributed by atoms with E-state index in [9.17, 15) is 4.79 Å². The summed E-state index contributed by atoms with van der Waals surface area (Å²) in [5, 5.41) is 5.48. The molecule has 0 bridgehead atoms. The van der Waals surface area contributed by atoms with E-state index in [1.165, 1.54) is 16.9 Å². The topological polar surface area (TPSA) is 60.5 Å². The minimum atomic E-state index is -0.0514. The van der Waals surface area contributed by atoms with Crippen molar-refractivity contribution >= 4 is 22.4 Å². The number of nitrogens with one attached hydrogen (secondary N) is 1. The summed E-state index contributed by atoms with van der Waals surface area (Å²) in [6, 6.07) is 16.0. The normalized spacial score (nSPS) is 10.6. The molecule has 0 atom stereocenters. The van der Waals surface area contributed by atoms with Crippen LogP contribution in [0, 0.1) is 0 Å². The van der Waals surface area contributed by atoms with Crippen LogP contribution in [0.3, 0.4) is 0 Å². The van der Waals surface area contributed by atoms with Gasteiger partial charge >= 0.3 is 0 Å². The summed E-state index contributed by atoms with van der Waals surface area (Å²) in [7, 11) is 0. The molecule has 158 valence electrons. The van der Waals surface area contributed by atoms with Crippen LogP contribution < -0.4 is 14.8 Å². The van der Waals surface area contributed by atoms with Crippen LogP contribution in [0.5, 0.6) is 11.5 Å². The fourth-order valence-electron chi connectivity index (χ4n) is 3.00. The molecule has 0 spiro atoms. The molecule has 0 aliphatic carbocycles. The maximum atomic E-state index is 12.2. The molecule has 0 saturated carbocycles. The van der Waals surface area contributed by atoms with E-state index in [1.54, 1.807) is 0 Å². The highest BCUT2D eigenvalue weighted by molar-refractivity contribution is 7.14. The Hall–Kier alpha value is -2.86. The standard InChI is InChI=1S/C24H28N2O3S/c1-3-6-18-8-10-19(11-9-18)22-17-30-24(25-22)26-23(27)7-5-16-29-21-14-12-20(13-15-21)28-4-2/h8-15,17H,3-7,16H2,1-2H3,(H,25,26,27). The molecule has 1 amide bonds. The summed E-state index contributed by atoms with van der Waals surface area (Å²) in [4.78, 5) is 16.7. The maximum absolute atomic E-state index is 12.2. The molecule has 1 aromatic heterocycles. The first kappa shape index (κ1) is 21.8. The van der Waals surface area contributed by atoms with Crippen LogP contribution in [0.25, 0.3) is 11.3 Å². The second-order valence-electron chi connectivity index (χ2n) is 6.89. The number of nitrogens with zero attached hydrogens (tertiary/aromatic N) is 1. The number of hydrogen-bond donors (Lipinski definition) is 1. The van der Waals surface area contributed by atoms with Gasteiger partial charge in [-0.1, -0.05) is 37.6 Å². The van der Waals surface area contributed by atoms with Crippen molar-refractivity contribution in [3.8, 4) is 22.8 Å². The lowest BCUT2D eigenvalue weighted by Crippen LogP contribution is -2.12. The fourth-order valence-corrected chi connectivity index (χ4v) is 3.73. The van der Waals surface area contributed by atoms with E-state index < -0.39 is 0 Å². The smallest absolute Gasteiger partial charge is 0.226 e. The first-order valence-corrected chi connectivity index (χ1v) is 11.3. The summed E-state index contributed by atoms with van der Waals surface area (Å²) in [6.45, 7) is 5.25. The predicted molar refractivity (Wildman–Crippen MR) is 123 cm³/mol. The van der Waals surface area contributed by atoms with Gasteiger partial charge in [0.05, 0.1) is 18.9 Å². The van der Waals surface area contributed by atoms with Crippen LogP contribution in [0.15, 0.2) is 53.9 Å². The highest BCUT2D eigenvalue weighted by atomic mass is 32.1. The summed E-state index contributed by atoms with van der Waals surface area (Å²) >= 11 is 1.44. The Balaban J connectivity index is 1.41. The number of benzene rings is 2. The van der Waals surface area contributed by atoms with E-state index in [4.69, 9.17) is 9.47 Å². The fraction of sp³-hybridized carbons (Fsp3) is 0.333. The number of ether oxygens (including phenoxy) is 2. The number of aryl methyl sites for hydroxylation is 1. The third kappa shape index (κ3) is 6.59. The lowest BCUT2D eigenvalue weighted by Gasteiger charge is -2.07. The van der Waals surface area contributed by atoms with Crippen LogP contribution in [0.1, 0.15) is 38.7 Å². The number of anilines is 1. The van der Waals surface area contributed by atoms with Gasteiger partial charge in [-0.2, -0.15) is 0 Å². The highest BCUT2D eigenvalue weighted by Gasteiger charge is 2.08. The third-order valence-electron chi connectivity index (χ3n) is 4.49. The van der Waals surface area contributed by atoms with Gasteiger partial charge in [-0.25, -0.2) is 4.98 Å². The average molecular weight is 425 g/mol. The number of rotatable bonds is 11. The van der Waals surface area contributed by atoms with E-state index in [0.717, 1.165) is 35.6 Å². The van der Waals surface area contributed by atoms with Crippen LogP contribution in [0.2, 0.25) is 0 Å². The zero-order chi connectivity index (χ0) is 21.2. The number of hydrogen-bond acceptors (Lipinski definition) is 5. The molecule has 5 nitrogen and oxygen atoms in total. The van der Waals surface area contributed by atoms with Gasteiger partial charge in [0.15, 0.2) is 5.13 Å². The lowest BCUT2D eigenvalue weighted by atomic mass is 10.1. The number of carbonyl (C=O) groups excluding carboxylic acids is 1. The van der Waals surface area contributed by atoms with Crippen molar-refractivity contribution in [2.75, 3.05) is 18.5 Å². The van der Waals surface area contributed by atoms with Crippen LogP contribution in [0.4, 0.5) is 5.13 Å². The monoisotopic (exact) mass is 424 g/mol. The summed E-state index contributed by atoms with van der Waals surface area (Å²) < 4.78 is 11.1. The maximum Gasteiger partial charge on any atom is 0.226 e. The number of thiazole rings is 1. The second kappa shape index (κ2) is 11.4. The first-order chi connectivity index (χ1) is 14.7. The Kier molecular flexibility index (Phi) is 8.27. The van der Waals surface area contributed by atoms with Crippen molar-refractivity contribution < 1.29 is 14.3 Å². The highest BCUT2D eigenvalue weighted by Crippen LogP contribution is 2.25. The minimum Gasteiger partial charge on any atom is -0.494 e. The van der Waals surface area contributed by atoms with E-state index in [0.29, 0.717) is 31.2 Å². The quantitative estimate of drug-likeness (QED) is 0.386. The Morgan fingerprint density at radius 2 is 1.70 bits per heavy atom. The molecular weight excluding hydrogens is 396 g/mol. The van der Waals surface area contributed by atoms with Crippen molar-refractivity contribution in [2.24, 2.45) is 0 Å². The van der Waals surface area contributed by atoms with Gasteiger partial charge in [-0.3, -0.25) is 4.79 Å². The Morgan fingerprint density at radius 1 is 1.00 bits per heavy atom. The molecular formula is C24H28N2O3S. The van der Waals surface area contributed by atoms with Gasteiger partial charge in [0, 0.05) is 17.4 Å². The molecule has 0 fully saturated rings. The van der Waals surface area contributed by atoms with E-state index in [-0.39, 0.29) is 5.91 Å². The Labute approximate surface area is 182 Å². The number of amides is 1. The molecule has 1 N–H and O–H groups in total. The van der Waals surface area contributed by atoms with Crippen molar-refractivity contribution in [2.45, 2.75) is 39.5 Å². The average Bonchev–Trinajstić information content (AvgIpc) is 3.22. The van der Waals surface area contributed by atoms with Gasteiger partial charge in [-0.15, -0.1) is 11.3 Å². The Bertz CT molecular complexity index is 920. The van der Waals surface area contributed by atoms with Gasteiger partial charge in [-0.05, 0) is 49.6 Å². The summed E-state index contributed by atoms with van der Waals surface area (Å²) in [5.41, 5.74) is 3.28. The van der Waals surface area contributed by atoms with Crippen LogP contribution in [-0.4, -0.2) is 24.1 Å². The third-order valence-corrected chi connectivity index (χ3v) is 5.25. The summed E-state index contributed by atoms with van der Waals surface area (Å²) in [6.07, 6.45) is 3.24. The molecule has 2 aromatic carbocycles. The molecule has 6 heteroatoms. The molecule has 30 heavy (non-hydrogen) atoms. The van der Waals surface area contributed by atoms with E-state index in [1.807, 2.05) is 36.6 Å². The van der Waals surface area contributed by atoms with Gasteiger partial charge in [0.2, 0.25) is 5.91 Å². The zero-order valence-corrected chi connectivity index (χ0v) is 18.3. The molecule has 1 heterocycles. The van der Waals surface area contributed by atoms with Crippen molar-refractivity contribution in [1.82, 2.24) is 4.98 Å². The van der Waals surface area contributed by atoms with Crippen molar-refractivity contribution in [3.63, 3.8) is 0 Å². The van der Waals surface area contributed by atoms with Crippen molar-refractivity contribution in [1.29, 1.82) is 0 Å². The first-order valence-electron chi connectivity index (χ1n) is 10.4. The minimum absolute atomic E-state index is 0.0514. The zero-order valence-electron chi connectivity index (χ0n) is 17.5. The van der Waals surface area contributed by atoms with Crippen LogP contribution >= 0.6 is 11.3 Å². The van der Waals surface area contributed by atoms with E-state index in [2.05, 4.69) is 41.5 Å². The largest absolute Gasteiger partial charge is 0.494 e.